The Labute approximate surface area is 109 Å². The summed E-state index contributed by atoms with van der Waals surface area (Å²) >= 11 is 0. The van der Waals surface area contributed by atoms with Crippen molar-refractivity contribution in [2.75, 3.05) is 13.2 Å². The second-order valence-corrected chi connectivity index (χ2v) is 4.54. The zero-order valence-corrected chi connectivity index (χ0v) is 10.4. The van der Waals surface area contributed by atoms with E-state index in [1.807, 2.05) is 0 Å². The van der Waals surface area contributed by atoms with E-state index in [0.717, 1.165) is 25.5 Å². The van der Waals surface area contributed by atoms with E-state index in [9.17, 15) is 13.2 Å². The first-order valence-electron chi connectivity index (χ1n) is 6.33. The molecule has 1 unspecified atom stereocenters. The molecule has 1 fully saturated rings. The van der Waals surface area contributed by atoms with Crippen LogP contribution in [0.15, 0.2) is 12.1 Å². The van der Waals surface area contributed by atoms with Gasteiger partial charge < -0.3 is 10.1 Å². The number of rotatable bonds is 4. The van der Waals surface area contributed by atoms with Gasteiger partial charge in [-0.2, -0.15) is 13.2 Å². The van der Waals surface area contributed by atoms with Crippen molar-refractivity contribution in [3.63, 3.8) is 0 Å². The average Bonchev–Trinajstić information content (AvgIpc) is 2.39. The summed E-state index contributed by atoms with van der Waals surface area (Å²) < 4.78 is 42.1. The van der Waals surface area contributed by atoms with E-state index in [2.05, 4.69) is 15.5 Å². The van der Waals surface area contributed by atoms with Gasteiger partial charge in [0, 0.05) is 12.1 Å². The molecule has 2 heterocycles. The van der Waals surface area contributed by atoms with Crippen molar-refractivity contribution < 1.29 is 17.9 Å². The fourth-order valence-corrected chi connectivity index (χ4v) is 2.02. The molecule has 19 heavy (non-hydrogen) atoms. The summed E-state index contributed by atoms with van der Waals surface area (Å²) in [5, 5.41) is 9.88. The van der Waals surface area contributed by atoms with Gasteiger partial charge in [0.05, 0.1) is 6.61 Å². The third-order valence-electron chi connectivity index (χ3n) is 3.06. The SMILES string of the molecule is FC(F)(F)c1ccc(OCCC2CCCCN2)nn1. The normalized spacial score (nSPS) is 20.3. The van der Waals surface area contributed by atoms with E-state index in [-0.39, 0.29) is 5.88 Å². The molecule has 106 valence electrons. The van der Waals surface area contributed by atoms with E-state index in [4.69, 9.17) is 4.74 Å². The molecule has 0 saturated carbocycles. The molecule has 0 aromatic carbocycles. The second kappa shape index (κ2) is 6.18. The minimum absolute atomic E-state index is 0.129. The van der Waals surface area contributed by atoms with E-state index in [0.29, 0.717) is 12.6 Å². The highest BCUT2D eigenvalue weighted by molar-refractivity contribution is 5.13. The van der Waals surface area contributed by atoms with Crippen LogP contribution in [0.25, 0.3) is 0 Å². The Hall–Kier alpha value is -1.37. The van der Waals surface area contributed by atoms with Crippen LogP contribution in [0.3, 0.4) is 0 Å². The summed E-state index contributed by atoms with van der Waals surface area (Å²) in [4.78, 5) is 0. The third-order valence-corrected chi connectivity index (χ3v) is 3.06. The quantitative estimate of drug-likeness (QED) is 0.916. The molecule has 1 N–H and O–H groups in total. The predicted molar refractivity (Wildman–Crippen MR) is 62.8 cm³/mol. The molecule has 1 atom stereocenters. The van der Waals surface area contributed by atoms with Crippen LogP contribution < -0.4 is 10.1 Å². The molecule has 0 bridgehead atoms. The lowest BCUT2D eigenvalue weighted by Gasteiger charge is -2.23. The molecule has 1 aliphatic heterocycles. The van der Waals surface area contributed by atoms with Crippen molar-refractivity contribution >= 4 is 0 Å². The highest BCUT2D eigenvalue weighted by atomic mass is 19.4. The summed E-state index contributed by atoms with van der Waals surface area (Å²) in [6.07, 6.45) is -0.123. The Morgan fingerprint density at radius 3 is 2.68 bits per heavy atom. The number of alkyl halides is 3. The Morgan fingerprint density at radius 1 is 1.26 bits per heavy atom. The lowest BCUT2D eigenvalue weighted by atomic mass is 10.0. The molecule has 7 heteroatoms. The average molecular weight is 275 g/mol. The van der Waals surface area contributed by atoms with E-state index >= 15 is 0 Å². The molecule has 1 aromatic rings. The first-order valence-corrected chi connectivity index (χ1v) is 6.33. The highest BCUT2D eigenvalue weighted by Gasteiger charge is 2.32. The molecule has 1 aromatic heterocycles. The van der Waals surface area contributed by atoms with Gasteiger partial charge in [-0.1, -0.05) is 6.42 Å². The van der Waals surface area contributed by atoms with Gasteiger partial charge in [0.25, 0.3) is 0 Å². The predicted octanol–water partition coefficient (Wildman–Crippen LogP) is 2.41. The summed E-state index contributed by atoms with van der Waals surface area (Å²) in [5.74, 6) is 0.129. The van der Waals surface area contributed by atoms with Gasteiger partial charge in [-0.25, -0.2) is 0 Å². The second-order valence-electron chi connectivity index (χ2n) is 4.54. The Balaban J connectivity index is 1.76. The molecule has 0 aliphatic carbocycles. The Morgan fingerprint density at radius 2 is 2.11 bits per heavy atom. The maximum Gasteiger partial charge on any atom is 0.435 e. The van der Waals surface area contributed by atoms with Crippen LogP contribution in [0, 0.1) is 0 Å². The minimum Gasteiger partial charge on any atom is -0.477 e. The number of halogens is 3. The standard InChI is InChI=1S/C12H16F3N3O/c13-12(14,15)10-4-5-11(18-17-10)19-8-6-9-3-1-2-7-16-9/h4-5,9,16H,1-3,6-8H2. The topological polar surface area (TPSA) is 47.0 Å². The van der Waals surface area contributed by atoms with Crippen LogP contribution in [0.2, 0.25) is 0 Å². The molecule has 0 spiro atoms. The van der Waals surface area contributed by atoms with Gasteiger partial charge in [-0.3, -0.25) is 0 Å². The minimum atomic E-state index is -4.46. The molecular weight excluding hydrogens is 259 g/mol. The van der Waals surface area contributed by atoms with E-state index in [1.165, 1.54) is 18.9 Å². The van der Waals surface area contributed by atoms with Gasteiger partial charge in [0.2, 0.25) is 5.88 Å². The zero-order chi connectivity index (χ0) is 13.7. The molecule has 4 nitrogen and oxygen atoms in total. The van der Waals surface area contributed by atoms with Crippen molar-refractivity contribution in [3.8, 4) is 5.88 Å². The number of ether oxygens (including phenoxy) is 1. The molecule has 2 rings (SSSR count). The fraction of sp³-hybridized carbons (Fsp3) is 0.667. The monoisotopic (exact) mass is 275 g/mol. The smallest absolute Gasteiger partial charge is 0.435 e. The fourth-order valence-electron chi connectivity index (χ4n) is 2.02. The maximum absolute atomic E-state index is 12.3. The van der Waals surface area contributed by atoms with Crippen LogP contribution in [0.5, 0.6) is 5.88 Å². The number of nitrogens with one attached hydrogen (secondary N) is 1. The van der Waals surface area contributed by atoms with Crippen LogP contribution >= 0.6 is 0 Å². The Bertz CT molecular complexity index is 388. The number of hydrogen-bond acceptors (Lipinski definition) is 4. The molecule has 1 aliphatic rings. The van der Waals surface area contributed by atoms with Crippen LogP contribution in [-0.4, -0.2) is 29.4 Å². The van der Waals surface area contributed by atoms with E-state index < -0.39 is 11.9 Å². The van der Waals surface area contributed by atoms with Gasteiger partial charge in [0.15, 0.2) is 5.69 Å². The summed E-state index contributed by atoms with van der Waals surface area (Å²) in [6.45, 7) is 1.45. The maximum atomic E-state index is 12.3. The highest BCUT2D eigenvalue weighted by Crippen LogP contribution is 2.27. The third kappa shape index (κ3) is 4.34. The largest absolute Gasteiger partial charge is 0.477 e. The molecule has 1 saturated heterocycles. The van der Waals surface area contributed by atoms with Gasteiger partial charge >= 0.3 is 6.18 Å². The van der Waals surface area contributed by atoms with Crippen molar-refractivity contribution in [2.24, 2.45) is 0 Å². The number of nitrogens with zero attached hydrogens (tertiary/aromatic N) is 2. The van der Waals surface area contributed by atoms with Crippen molar-refractivity contribution in [1.29, 1.82) is 0 Å². The zero-order valence-electron chi connectivity index (χ0n) is 10.4. The van der Waals surface area contributed by atoms with Gasteiger partial charge in [-0.15, -0.1) is 10.2 Å². The number of hydrogen-bond donors (Lipinski definition) is 1. The number of aromatic nitrogens is 2. The molecular formula is C12H16F3N3O. The van der Waals surface area contributed by atoms with Gasteiger partial charge in [-0.05, 0) is 31.9 Å². The van der Waals surface area contributed by atoms with Crippen molar-refractivity contribution in [3.05, 3.63) is 17.8 Å². The first kappa shape index (κ1) is 14.0. The molecule has 0 amide bonds. The van der Waals surface area contributed by atoms with Crippen molar-refractivity contribution in [1.82, 2.24) is 15.5 Å². The van der Waals surface area contributed by atoms with Crippen LogP contribution in [0.1, 0.15) is 31.4 Å². The van der Waals surface area contributed by atoms with Crippen LogP contribution in [-0.2, 0) is 6.18 Å². The summed E-state index contributed by atoms with van der Waals surface area (Å²) in [5.41, 5.74) is -1.01. The number of piperidine rings is 1. The summed E-state index contributed by atoms with van der Waals surface area (Å²) in [7, 11) is 0. The lowest BCUT2D eigenvalue weighted by Crippen LogP contribution is -2.35. The van der Waals surface area contributed by atoms with Crippen molar-refractivity contribution in [2.45, 2.75) is 37.9 Å². The summed E-state index contributed by atoms with van der Waals surface area (Å²) in [6, 6.07) is 2.50. The van der Waals surface area contributed by atoms with Gasteiger partial charge in [0.1, 0.15) is 0 Å². The van der Waals surface area contributed by atoms with E-state index in [1.54, 1.807) is 0 Å². The lowest BCUT2D eigenvalue weighted by molar-refractivity contribution is -0.141. The first-order chi connectivity index (χ1) is 9.05. The van der Waals surface area contributed by atoms with Crippen LogP contribution in [0.4, 0.5) is 13.2 Å². The molecule has 0 radical (unpaired) electrons. The Kier molecular flexibility index (Phi) is 4.57.